The van der Waals surface area contributed by atoms with Gasteiger partial charge >= 0.3 is 0 Å². The number of anilines is 1. The fourth-order valence-electron chi connectivity index (χ4n) is 1.75. The molecule has 11 heteroatoms. The molecule has 128 valence electrons. The van der Waals surface area contributed by atoms with E-state index in [-0.39, 0.29) is 20.5 Å². The number of carboxylic acids is 1. The van der Waals surface area contributed by atoms with Gasteiger partial charge < -0.3 is 9.90 Å². The van der Waals surface area contributed by atoms with Crippen LogP contribution in [0.5, 0.6) is 0 Å². The standard InChI is InChI=1S/C13H11ClN2O6S2/c14-12-6-5-10(7-11(12)13(17)18)24(21,22)16-8-1-3-9(4-2-8)23(15,19)20/h1-7,16H,(H,17,18)(H2,15,19,20)/p-1. The van der Waals surface area contributed by atoms with Gasteiger partial charge in [-0.2, -0.15) is 0 Å². The lowest BCUT2D eigenvalue weighted by atomic mass is 10.2. The monoisotopic (exact) mass is 389 g/mol. The number of carboxylic acid groups (broad SMARTS) is 1. The average molecular weight is 390 g/mol. The smallest absolute Gasteiger partial charge is 0.261 e. The van der Waals surface area contributed by atoms with E-state index in [0.717, 1.165) is 30.3 Å². The Bertz CT molecular complexity index is 1000. The molecule has 2 aromatic rings. The molecule has 0 saturated heterocycles. The third-order valence-corrected chi connectivity index (χ3v) is 5.54. The minimum Gasteiger partial charge on any atom is -0.545 e. The summed E-state index contributed by atoms with van der Waals surface area (Å²) < 4.78 is 49.0. The number of halogens is 1. The van der Waals surface area contributed by atoms with Crippen molar-refractivity contribution in [2.75, 3.05) is 4.72 Å². The van der Waals surface area contributed by atoms with E-state index in [0.29, 0.717) is 0 Å². The third kappa shape index (κ3) is 4.03. The summed E-state index contributed by atoms with van der Waals surface area (Å²) in [5, 5.41) is 15.7. The number of carbonyl (C=O) groups excluding carboxylic acids is 1. The maximum Gasteiger partial charge on any atom is 0.261 e. The molecule has 0 aromatic heterocycles. The van der Waals surface area contributed by atoms with Crippen molar-refractivity contribution in [2.45, 2.75) is 9.79 Å². The highest BCUT2D eigenvalue weighted by Crippen LogP contribution is 2.22. The SMILES string of the molecule is NS(=O)(=O)c1ccc(NS(=O)(=O)c2ccc(Cl)c(C(=O)[O-])c2)cc1. The molecule has 2 rings (SSSR count). The molecule has 0 bridgehead atoms. The van der Waals surface area contributed by atoms with Gasteiger partial charge in [0.1, 0.15) is 0 Å². The number of nitrogens with two attached hydrogens (primary N) is 1. The summed E-state index contributed by atoms with van der Waals surface area (Å²) in [6.45, 7) is 0. The van der Waals surface area contributed by atoms with Crippen molar-refractivity contribution in [3.05, 3.63) is 53.1 Å². The Morgan fingerprint density at radius 3 is 2.04 bits per heavy atom. The number of benzene rings is 2. The van der Waals surface area contributed by atoms with E-state index >= 15 is 0 Å². The molecule has 0 fully saturated rings. The summed E-state index contributed by atoms with van der Waals surface area (Å²) in [4.78, 5) is 10.4. The summed E-state index contributed by atoms with van der Waals surface area (Å²) >= 11 is 5.66. The normalized spacial score (nSPS) is 11.9. The zero-order valence-electron chi connectivity index (χ0n) is 11.8. The minimum atomic E-state index is -4.11. The average Bonchev–Trinajstić information content (AvgIpc) is 2.46. The van der Waals surface area contributed by atoms with Crippen molar-refractivity contribution in [3.63, 3.8) is 0 Å². The summed E-state index contributed by atoms with van der Waals surface area (Å²) in [7, 11) is -8.01. The van der Waals surface area contributed by atoms with Gasteiger partial charge in [-0.3, -0.25) is 4.72 Å². The number of hydrogen-bond acceptors (Lipinski definition) is 6. The highest BCUT2D eigenvalue weighted by Gasteiger charge is 2.17. The van der Waals surface area contributed by atoms with E-state index in [1.165, 1.54) is 12.1 Å². The number of carbonyl (C=O) groups is 1. The van der Waals surface area contributed by atoms with Gasteiger partial charge in [0.2, 0.25) is 10.0 Å². The molecular weight excluding hydrogens is 380 g/mol. The molecule has 0 saturated carbocycles. The molecule has 0 atom stereocenters. The molecule has 0 amide bonds. The summed E-state index contributed by atoms with van der Waals surface area (Å²) in [5.74, 6) is -1.62. The van der Waals surface area contributed by atoms with Gasteiger partial charge in [0.15, 0.2) is 0 Å². The zero-order valence-corrected chi connectivity index (χ0v) is 14.2. The lowest BCUT2D eigenvalue weighted by molar-refractivity contribution is -0.255. The van der Waals surface area contributed by atoms with E-state index in [1.807, 2.05) is 0 Å². The van der Waals surface area contributed by atoms with Crippen LogP contribution in [0.15, 0.2) is 52.3 Å². The van der Waals surface area contributed by atoms with Crippen LogP contribution in [0.2, 0.25) is 5.02 Å². The second kappa shape index (κ2) is 6.40. The van der Waals surface area contributed by atoms with E-state index in [9.17, 15) is 26.7 Å². The first-order valence-electron chi connectivity index (χ1n) is 6.17. The van der Waals surface area contributed by atoms with Crippen LogP contribution in [0, 0.1) is 0 Å². The first-order valence-corrected chi connectivity index (χ1v) is 9.58. The van der Waals surface area contributed by atoms with Crippen LogP contribution in [-0.2, 0) is 20.0 Å². The fourth-order valence-corrected chi connectivity index (χ4v) is 3.55. The van der Waals surface area contributed by atoms with Gasteiger partial charge in [0.05, 0.1) is 15.8 Å². The molecule has 3 N–H and O–H groups in total. The summed E-state index contributed by atoms with van der Waals surface area (Å²) in [5.41, 5.74) is -0.406. The predicted octanol–water partition coefficient (Wildman–Crippen LogP) is 0.152. The van der Waals surface area contributed by atoms with E-state index in [2.05, 4.69) is 4.72 Å². The Hall–Kier alpha value is -2.14. The van der Waals surface area contributed by atoms with Gasteiger partial charge in [0, 0.05) is 16.3 Å². The van der Waals surface area contributed by atoms with Gasteiger partial charge in [-0.05, 0) is 42.5 Å². The lowest BCUT2D eigenvalue weighted by Crippen LogP contribution is -2.23. The number of sulfonamides is 2. The van der Waals surface area contributed by atoms with Gasteiger partial charge in [0.25, 0.3) is 10.0 Å². The first kappa shape index (κ1) is 18.2. The zero-order chi connectivity index (χ0) is 18.1. The molecule has 0 heterocycles. The molecule has 2 aromatic carbocycles. The van der Waals surface area contributed by atoms with Crippen LogP contribution in [0.4, 0.5) is 5.69 Å². The molecule has 24 heavy (non-hydrogen) atoms. The summed E-state index contributed by atoms with van der Waals surface area (Å²) in [6, 6.07) is 7.75. The number of primary sulfonamides is 1. The van der Waals surface area contributed by atoms with E-state index in [4.69, 9.17) is 16.7 Å². The van der Waals surface area contributed by atoms with Crippen LogP contribution in [0.3, 0.4) is 0 Å². The first-order chi connectivity index (χ1) is 11.0. The molecule has 0 aliphatic rings. The molecule has 8 nitrogen and oxygen atoms in total. The fraction of sp³-hybridized carbons (Fsp3) is 0. The Morgan fingerprint density at radius 2 is 1.54 bits per heavy atom. The molecular formula is C13H10ClN2O6S2-. The Balaban J connectivity index is 2.35. The Morgan fingerprint density at radius 1 is 1.00 bits per heavy atom. The number of hydrogen-bond donors (Lipinski definition) is 2. The molecule has 0 radical (unpaired) electrons. The number of nitrogens with one attached hydrogen (secondary N) is 1. The highest BCUT2D eigenvalue weighted by molar-refractivity contribution is 7.92. The topological polar surface area (TPSA) is 146 Å². The van der Waals surface area contributed by atoms with Crippen LogP contribution < -0.4 is 15.0 Å². The number of aromatic carboxylic acids is 1. The van der Waals surface area contributed by atoms with E-state index in [1.54, 1.807) is 0 Å². The Labute approximate surface area is 143 Å². The predicted molar refractivity (Wildman–Crippen MR) is 84.4 cm³/mol. The van der Waals surface area contributed by atoms with Crippen LogP contribution in [0.1, 0.15) is 10.4 Å². The van der Waals surface area contributed by atoms with Crippen LogP contribution in [-0.4, -0.2) is 22.8 Å². The maximum atomic E-state index is 12.3. The van der Waals surface area contributed by atoms with Crippen molar-refractivity contribution in [3.8, 4) is 0 Å². The van der Waals surface area contributed by atoms with Gasteiger partial charge in [-0.1, -0.05) is 11.6 Å². The van der Waals surface area contributed by atoms with Crippen molar-refractivity contribution in [2.24, 2.45) is 5.14 Å². The maximum absolute atomic E-state index is 12.3. The molecule has 0 spiro atoms. The third-order valence-electron chi connectivity index (χ3n) is 2.90. The molecule has 0 aliphatic heterocycles. The largest absolute Gasteiger partial charge is 0.545 e. The van der Waals surface area contributed by atoms with Crippen molar-refractivity contribution >= 4 is 43.3 Å². The van der Waals surface area contributed by atoms with Crippen molar-refractivity contribution in [1.82, 2.24) is 0 Å². The second-order valence-corrected chi connectivity index (χ2v) is 8.26. The summed E-state index contributed by atoms with van der Waals surface area (Å²) in [6.07, 6.45) is 0. The molecule has 0 aliphatic carbocycles. The lowest BCUT2D eigenvalue weighted by Gasteiger charge is -2.11. The Kier molecular flexibility index (Phi) is 4.85. The number of rotatable bonds is 5. The molecule has 0 unspecified atom stereocenters. The van der Waals surface area contributed by atoms with Crippen LogP contribution >= 0.6 is 11.6 Å². The van der Waals surface area contributed by atoms with E-state index < -0.39 is 31.6 Å². The van der Waals surface area contributed by atoms with Crippen LogP contribution in [0.25, 0.3) is 0 Å². The van der Waals surface area contributed by atoms with Crippen molar-refractivity contribution in [1.29, 1.82) is 0 Å². The highest BCUT2D eigenvalue weighted by atomic mass is 35.5. The van der Waals surface area contributed by atoms with Gasteiger partial charge in [-0.15, -0.1) is 0 Å². The second-order valence-electron chi connectivity index (χ2n) is 4.60. The quantitative estimate of drug-likeness (QED) is 0.744. The van der Waals surface area contributed by atoms with Crippen molar-refractivity contribution < 1.29 is 26.7 Å². The minimum absolute atomic E-state index is 0.0624. The van der Waals surface area contributed by atoms with Gasteiger partial charge in [-0.25, -0.2) is 22.0 Å².